The molecule has 8 heteroatoms. The van der Waals surface area contributed by atoms with Crippen molar-refractivity contribution in [3.63, 3.8) is 0 Å². The molecule has 140 valence electrons. The van der Waals surface area contributed by atoms with Gasteiger partial charge in [-0.25, -0.2) is 0 Å². The van der Waals surface area contributed by atoms with E-state index in [1.54, 1.807) is 30.0 Å². The lowest BCUT2D eigenvalue weighted by molar-refractivity contribution is -0.0498. The molecule has 0 saturated carbocycles. The Bertz CT molecular complexity index is 898. The molecule has 0 saturated heterocycles. The Kier molecular flexibility index (Phi) is 6.47. The van der Waals surface area contributed by atoms with Crippen LogP contribution in [0.25, 0.3) is 11.4 Å². The monoisotopic (exact) mass is 407 g/mol. The largest absolute Gasteiger partial charge is 0.435 e. The summed E-state index contributed by atoms with van der Waals surface area (Å²) >= 11 is 7.46. The number of alkyl halides is 2. The molecule has 0 fully saturated rings. The van der Waals surface area contributed by atoms with Gasteiger partial charge < -0.3 is 4.74 Å². The van der Waals surface area contributed by atoms with Crippen LogP contribution in [0.4, 0.5) is 8.78 Å². The first-order valence-electron chi connectivity index (χ1n) is 8.03. The molecule has 0 aliphatic heterocycles. The Labute approximate surface area is 164 Å². The van der Waals surface area contributed by atoms with Gasteiger partial charge in [-0.3, -0.25) is 4.57 Å². The zero-order valence-electron chi connectivity index (χ0n) is 14.2. The first kappa shape index (κ1) is 19.4. The Morgan fingerprint density at radius 2 is 1.81 bits per heavy atom. The van der Waals surface area contributed by atoms with Crippen LogP contribution >= 0.6 is 23.4 Å². The minimum absolute atomic E-state index is 0.0980. The minimum atomic E-state index is -2.85. The van der Waals surface area contributed by atoms with Crippen LogP contribution in [0.2, 0.25) is 5.02 Å². The van der Waals surface area contributed by atoms with Gasteiger partial charge in [0.2, 0.25) is 0 Å². The van der Waals surface area contributed by atoms with Crippen molar-refractivity contribution in [2.75, 3.05) is 0 Å². The zero-order chi connectivity index (χ0) is 19.2. The second kappa shape index (κ2) is 9.01. The molecule has 0 unspecified atom stereocenters. The molecule has 0 atom stereocenters. The van der Waals surface area contributed by atoms with Crippen LogP contribution in [0.5, 0.6) is 5.75 Å². The summed E-state index contributed by atoms with van der Waals surface area (Å²) in [6.07, 6.45) is 1.76. The van der Waals surface area contributed by atoms with Gasteiger partial charge in [0.1, 0.15) is 5.75 Å². The Morgan fingerprint density at radius 1 is 1.11 bits per heavy atom. The van der Waals surface area contributed by atoms with Gasteiger partial charge in [-0.1, -0.05) is 41.6 Å². The average Bonchev–Trinajstić information content (AvgIpc) is 3.04. The van der Waals surface area contributed by atoms with Crippen molar-refractivity contribution in [2.24, 2.45) is 0 Å². The summed E-state index contributed by atoms with van der Waals surface area (Å²) in [4.78, 5) is 0. The van der Waals surface area contributed by atoms with E-state index < -0.39 is 6.61 Å². The van der Waals surface area contributed by atoms with Crippen LogP contribution in [-0.4, -0.2) is 21.4 Å². The van der Waals surface area contributed by atoms with Crippen molar-refractivity contribution in [1.82, 2.24) is 14.8 Å². The highest BCUT2D eigenvalue weighted by molar-refractivity contribution is 7.98. The fourth-order valence-electron chi connectivity index (χ4n) is 2.42. The van der Waals surface area contributed by atoms with E-state index >= 15 is 0 Å². The number of benzene rings is 2. The maximum absolute atomic E-state index is 12.3. The quantitative estimate of drug-likeness (QED) is 0.356. The maximum atomic E-state index is 12.3. The average molecular weight is 408 g/mol. The SMILES string of the molecule is C=CCn1c(SCc2ccc(Cl)cc2)nnc1-c1ccc(OC(F)F)cc1. The third-order valence-corrected chi connectivity index (χ3v) is 4.94. The summed E-state index contributed by atoms with van der Waals surface area (Å²) in [5.41, 5.74) is 1.87. The van der Waals surface area contributed by atoms with Gasteiger partial charge in [-0.2, -0.15) is 8.78 Å². The molecule has 2 aromatic carbocycles. The molecule has 0 aliphatic carbocycles. The third-order valence-electron chi connectivity index (χ3n) is 3.65. The molecule has 0 aliphatic rings. The van der Waals surface area contributed by atoms with Crippen molar-refractivity contribution < 1.29 is 13.5 Å². The van der Waals surface area contributed by atoms with Crippen molar-refractivity contribution in [1.29, 1.82) is 0 Å². The predicted molar refractivity (Wildman–Crippen MR) is 103 cm³/mol. The first-order valence-corrected chi connectivity index (χ1v) is 9.40. The zero-order valence-corrected chi connectivity index (χ0v) is 15.8. The molecule has 3 rings (SSSR count). The van der Waals surface area contributed by atoms with Crippen LogP contribution in [0.1, 0.15) is 5.56 Å². The number of hydrogen-bond acceptors (Lipinski definition) is 4. The first-order chi connectivity index (χ1) is 13.1. The fourth-order valence-corrected chi connectivity index (χ4v) is 3.45. The smallest absolute Gasteiger partial charge is 0.387 e. The van der Waals surface area contributed by atoms with Gasteiger partial charge in [0.05, 0.1) is 0 Å². The molecule has 0 spiro atoms. The number of aromatic nitrogens is 3. The lowest BCUT2D eigenvalue weighted by atomic mass is 10.2. The molecule has 3 aromatic rings. The fraction of sp³-hybridized carbons (Fsp3) is 0.158. The number of thioether (sulfide) groups is 1. The third kappa shape index (κ3) is 5.08. The van der Waals surface area contributed by atoms with E-state index in [2.05, 4.69) is 21.5 Å². The molecule has 0 N–H and O–H groups in total. The molecule has 27 heavy (non-hydrogen) atoms. The van der Waals surface area contributed by atoms with E-state index in [0.717, 1.165) is 16.3 Å². The topological polar surface area (TPSA) is 39.9 Å². The summed E-state index contributed by atoms with van der Waals surface area (Å²) < 4.78 is 30.9. The molecule has 1 heterocycles. The van der Waals surface area contributed by atoms with E-state index in [-0.39, 0.29) is 5.75 Å². The lowest BCUT2D eigenvalue weighted by Gasteiger charge is -2.09. The molecular formula is C19H16ClF2N3OS. The number of hydrogen-bond donors (Lipinski definition) is 0. The Morgan fingerprint density at radius 3 is 2.44 bits per heavy atom. The van der Waals surface area contributed by atoms with Gasteiger partial charge in [0.15, 0.2) is 11.0 Å². The molecule has 4 nitrogen and oxygen atoms in total. The van der Waals surface area contributed by atoms with Crippen LogP contribution in [-0.2, 0) is 12.3 Å². The standard InChI is InChI=1S/C19H16ClF2N3OS/c1-2-11-25-17(14-5-9-16(10-6-14)26-18(21)22)23-24-19(25)27-12-13-3-7-15(20)8-4-13/h2-10,18H,1,11-12H2. The van der Waals surface area contributed by atoms with Crippen molar-refractivity contribution in [3.8, 4) is 17.1 Å². The second-order valence-corrected chi connectivity index (χ2v) is 6.90. The van der Waals surface area contributed by atoms with Crippen LogP contribution in [0, 0.1) is 0 Å². The number of halogens is 3. The number of allylic oxidation sites excluding steroid dienone is 1. The van der Waals surface area contributed by atoms with Gasteiger partial charge in [-0.05, 0) is 42.0 Å². The number of ether oxygens (including phenoxy) is 1. The summed E-state index contributed by atoms with van der Waals surface area (Å²) in [5, 5.41) is 9.96. The van der Waals surface area contributed by atoms with E-state index in [4.69, 9.17) is 11.6 Å². The highest BCUT2D eigenvalue weighted by Crippen LogP contribution is 2.28. The highest BCUT2D eigenvalue weighted by atomic mass is 35.5. The van der Waals surface area contributed by atoms with Crippen molar-refractivity contribution in [3.05, 3.63) is 71.8 Å². The van der Waals surface area contributed by atoms with Crippen LogP contribution in [0.3, 0.4) is 0 Å². The van der Waals surface area contributed by atoms with Gasteiger partial charge in [-0.15, -0.1) is 16.8 Å². The summed E-state index contributed by atoms with van der Waals surface area (Å²) in [7, 11) is 0. The number of nitrogens with zero attached hydrogens (tertiary/aromatic N) is 3. The van der Waals surface area contributed by atoms with Gasteiger partial charge in [0.25, 0.3) is 0 Å². The Balaban J connectivity index is 1.80. The lowest BCUT2D eigenvalue weighted by Crippen LogP contribution is -2.02. The van der Waals surface area contributed by atoms with Crippen LogP contribution < -0.4 is 4.74 Å². The summed E-state index contributed by atoms with van der Waals surface area (Å²) in [6, 6.07) is 13.9. The highest BCUT2D eigenvalue weighted by Gasteiger charge is 2.14. The van der Waals surface area contributed by atoms with E-state index in [1.807, 2.05) is 28.8 Å². The second-order valence-electron chi connectivity index (χ2n) is 5.52. The molecule has 0 amide bonds. The Hall–Kier alpha value is -2.38. The molecular weight excluding hydrogens is 392 g/mol. The van der Waals surface area contributed by atoms with E-state index in [0.29, 0.717) is 23.1 Å². The summed E-state index contributed by atoms with van der Waals surface area (Å²) in [6.45, 7) is 1.46. The minimum Gasteiger partial charge on any atom is -0.435 e. The van der Waals surface area contributed by atoms with Crippen molar-refractivity contribution >= 4 is 23.4 Å². The maximum Gasteiger partial charge on any atom is 0.387 e. The van der Waals surface area contributed by atoms with E-state index in [1.165, 1.54) is 12.1 Å². The predicted octanol–water partition coefficient (Wildman–Crippen LogP) is 5.68. The van der Waals surface area contributed by atoms with Crippen molar-refractivity contribution in [2.45, 2.75) is 24.1 Å². The molecule has 0 radical (unpaired) electrons. The van der Waals surface area contributed by atoms with Gasteiger partial charge >= 0.3 is 6.61 Å². The van der Waals surface area contributed by atoms with Gasteiger partial charge in [0, 0.05) is 22.9 Å². The molecule has 0 bridgehead atoms. The normalized spacial score (nSPS) is 11.0. The van der Waals surface area contributed by atoms with E-state index in [9.17, 15) is 8.78 Å². The summed E-state index contributed by atoms with van der Waals surface area (Å²) in [5.74, 6) is 1.45. The van der Waals surface area contributed by atoms with Crippen LogP contribution in [0.15, 0.2) is 66.3 Å². The number of rotatable bonds is 8. The molecule has 1 aromatic heterocycles.